The average molecular weight is 189 g/mol. The number of amides is 1. The Morgan fingerprint density at radius 3 is 2.58 bits per heavy atom. The highest BCUT2D eigenvalue weighted by molar-refractivity contribution is 7.80. The number of carbonyl (C=O) groups is 1. The van der Waals surface area contributed by atoms with Gasteiger partial charge < -0.3 is 10.0 Å². The van der Waals surface area contributed by atoms with Crippen LogP contribution in [0.4, 0.5) is 0 Å². The number of hydrogen-bond donors (Lipinski definition) is 2. The number of hydrogen-bond acceptors (Lipinski definition) is 3. The van der Waals surface area contributed by atoms with Crippen molar-refractivity contribution < 1.29 is 9.90 Å². The minimum absolute atomic E-state index is 0.164. The monoisotopic (exact) mass is 189 g/mol. The van der Waals surface area contributed by atoms with Crippen molar-refractivity contribution in [3.63, 3.8) is 0 Å². The first-order valence-corrected chi connectivity index (χ1v) is 4.94. The summed E-state index contributed by atoms with van der Waals surface area (Å²) in [6, 6.07) is 0. The Kier molecular flexibility index (Phi) is 3.88. The first kappa shape index (κ1) is 9.86. The number of aliphatic hydroxyl groups is 1. The topological polar surface area (TPSA) is 40.5 Å². The van der Waals surface area contributed by atoms with Crippen molar-refractivity contribution in [2.45, 2.75) is 25.4 Å². The minimum atomic E-state index is -0.204. The molecule has 4 heteroatoms. The van der Waals surface area contributed by atoms with Crippen LogP contribution in [-0.4, -0.2) is 40.9 Å². The number of thiol groups is 1. The van der Waals surface area contributed by atoms with Crippen LogP contribution in [0.3, 0.4) is 0 Å². The highest BCUT2D eigenvalue weighted by Gasteiger charge is 2.20. The lowest BCUT2D eigenvalue weighted by Gasteiger charge is -2.29. The lowest BCUT2D eigenvalue weighted by molar-refractivity contribution is -0.132. The summed E-state index contributed by atoms with van der Waals surface area (Å²) in [6.07, 6.45) is 1.75. The number of nitrogens with zero attached hydrogens (tertiary/aromatic N) is 1. The van der Waals surface area contributed by atoms with Gasteiger partial charge in [0.1, 0.15) is 0 Å². The molecule has 70 valence electrons. The van der Waals surface area contributed by atoms with E-state index in [-0.39, 0.29) is 12.0 Å². The van der Waals surface area contributed by atoms with Crippen molar-refractivity contribution in [1.29, 1.82) is 0 Å². The third-order valence-electron chi connectivity index (χ3n) is 2.14. The molecule has 1 saturated heterocycles. The molecule has 0 radical (unpaired) electrons. The van der Waals surface area contributed by atoms with Crippen LogP contribution in [0.5, 0.6) is 0 Å². The first-order valence-electron chi connectivity index (χ1n) is 4.30. The van der Waals surface area contributed by atoms with Crippen LogP contribution in [-0.2, 0) is 4.79 Å². The van der Waals surface area contributed by atoms with Gasteiger partial charge in [-0.15, -0.1) is 0 Å². The average Bonchev–Trinajstić information content (AvgIpc) is 2.06. The summed E-state index contributed by atoms with van der Waals surface area (Å²) in [5.41, 5.74) is 0. The maximum atomic E-state index is 11.3. The molecule has 0 aliphatic carbocycles. The molecule has 0 atom stereocenters. The van der Waals surface area contributed by atoms with E-state index in [2.05, 4.69) is 12.6 Å². The van der Waals surface area contributed by atoms with Gasteiger partial charge in [0.2, 0.25) is 5.91 Å². The van der Waals surface area contributed by atoms with Crippen molar-refractivity contribution >= 4 is 18.5 Å². The van der Waals surface area contributed by atoms with E-state index >= 15 is 0 Å². The highest BCUT2D eigenvalue weighted by atomic mass is 32.1. The third-order valence-corrected chi connectivity index (χ3v) is 2.37. The zero-order valence-electron chi connectivity index (χ0n) is 7.07. The molecule has 3 nitrogen and oxygen atoms in total. The molecule has 0 bridgehead atoms. The maximum Gasteiger partial charge on any atom is 0.223 e. The second-order valence-corrected chi connectivity index (χ2v) is 3.53. The molecule has 0 aromatic heterocycles. The SMILES string of the molecule is O=C(CCS)N1CCC(O)CC1. The standard InChI is InChI=1S/C8H15NO2S/c10-7-1-4-9(5-2-7)8(11)3-6-12/h7,10,12H,1-6H2. The molecule has 0 aromatic rings. The third kappa shape index (κ3) is 2.68. The van der Waals surface area contributed by atoms with Gasteiger partial charge in [-0.25, -0.2) is 0 Å². The molecule has 1 rings (SSSR count). The van der Waals surface area contributed by atoms with Crippen LogP contribution in [0, 0.1) is 0 Å². The summed E-state index contributed by atoms with van der Waals surface area (Å²) in [4.78, 5) is 13.1. The van der Waals surface area contributed by atoms with Crippen LogP contribution < -0.4 is 0 Å². The number of likely N-dealkylation sites (tertiary alicyclic amines) is 1. The summed E-state index contributed by atoms with van der Waals surface area (Å²) < 4.78 is 0. The number of piperidine rings is 1. The van der Waals surface area contributed by atoms with E-state index in [0.29, 0.717) is 25.3 Å². The van der Waals surface area contributed by atoms with E-state index in [1.807, 2.05) is 4.90 Å². The van der Waals surface area contributed by atoms with Crippen molar-refractivity contribution in [3.05, 3.63) is 0 Å². The van der Waals surface area contributed by atoms with Gasteiger partial charge in [-0.05, 0) is 18.6 Å². The predicted molar refractivity (Wildman–Crippen MR) is 50.3 cm³/mol. The smallest absolute Gasteiger partial charge is 0.223 e. The fourth-order valence-corrected chi connectivity index (χ4v) is 1.56. The van der Waals surface area contributed by atoms with Gasteiger partial charge in [0.15, 0.2) is 0 Å². The van der Waals surface area contributed by atoms with Crippen LogP contribution in [0.1, 0.15) is 19.3 Å². The van der Waals surface area contributed by atoms with Crippen LogP contribution in [0.15, 0.2) is 0 Å². The molecule has 1 heterocycles. The van der Waals surface area contributed by atoms with E-state index in [1.165, 1.54) is 0 Å². The van der Waals surface area contributed by atoms with Crippen LogP contribution >= 0.6 is 12.6 Å². The van der Waals surface area contributed by atoms with Gasteiger partial charge in [0.25, 0.3) is 0 Å². The zero-order chi connectivity index (χ0) is 8.97. The Morgan fingerprint density at radius 2 is 2.08 bits per heavy atom. The second kappa shape index (κ2) is 4.72. The molecule has 1 aliphatic heterocycles. The fourth-order valence-electron chi connectivity index (χ4n) is 1.37. The summed E-state index contributed by atoms with van der Waals surface area (Å²) in [5, 5.41) is 9.19. The van der Waals surface area contributed by atoms with E-state index < -0.39 is 0 Å². The van der Waals surface area contributed by atoms with Crippen LogP contribution in [0.25, 0.3) is 0 Å². The molecule has 1 amide bonds. The Morgan fingerprint density at radius 1 is 1.50 bits per heavy atom. The number of carbonyl (C=O) groups excluding carboxylic acids is 1. The molecular weight excluding hydrogens is 174 g/mol. The Hall–Kier alpha value is -0.220. The lowest BCUT2D eigenvalue weighted by atomic mass is 10.1. The summed E-state index contributed by atoms with van der Waals surface area (Å²) in [6.45, 7) is 1.40. The fraction of sp³-hybridized carbons (Fsp3) is 0.875. The lowest BCUT2D eigenvalue weighted by Crippen LogP contribution is -2.40. The van der Waals surface area contributed by atoms with Crippen molar-refractivity contribution in [2.75, 3.05) is 18.8 Å². The molecule has 0 saturated carbocycles. The van der Waals surface area contributed by atoms with Gasteiger partial charge >= 0.3 is 0 Å². The summed E-state index contributed by atoms with van der Waals surface area (Å²) >= 11 is 4.00. The Bertz CT molecular complexity index is 155. The van der Waals surface area contributed by atoms with Gasteiger partial charge in [-0.1, -0.05) is 0 Å². The van der Waals surface area contributed by atoms with Crippen LogP contribution in [0.2, 0.25) is 0 Å². The van der Waals surface area contributed by atoms with E-state index in [9.17, 15) is 9.90 Å². The minimum Gasteiger partial charge on any atom is -0.393 e. The summed E-state index contributed by atoms with van der Waals surface area (Å²) in [7, 11) is 0. The number of rotatable bonds is 2. The van der Waals surface area contributed by atoms with E-state index in [4.69, 9.17) is 0 Å². The van der Waals surface area contributed by atoms with E-state index in [1.54, 1.807) is 0 Å². The second-order valence-electron chi connectivity index (χ2n) is 3.09. The highest BCUT2D eigenvalue weighted by Crippen LogP contribution is 2.10. The largest absolute Gasteiger partial charge is 0.393 e. The molecular formula is C8H15NO2S. The normalized spacial score (nSPS) is 19.7. The molecule has 1 aliphatic rings. The van der Waals surface area contributed by atoms with E-state index in [0.717, 1.165) is 12.8 Å². The molecule has 0 aromatic carbocycles. The predicted octanol–water partition coefficient (Wildman–Crippen LogP) is 0.290. The molecule has 1 N–H and O–H groups in total. The number of aliphatic hydroxyl groups excluding tert-OH is 1. The molecule has 0 unspecified atom stereocenters. The summed E-state index contributed by atoms with van der Waals surface area (Å²) in [5.74, 6) is 0.773. The quantitative estimate of drug-likeness (QED) is 0.613. The van der Waals surface area contributed by atoms with Gasteiger partial charge in [0, 0.05) is 19.5 Å². The van der Waals surface area contributed by atoms with Crippen molar-refractivity contribution in [3.8, 4) is 0 Å². The zero-order valence-corrected chi connectivity index (χ0v) is 7.96. The first-order chi connectivity index (χ1) is 5.74. The van der Waals surface area contributed by atoms with Gasteiger partial charge in [-0.2, -0.15) is 12.6 Å². The van der Waals surface area contributed by atoms with Crippen molar-refractivity contribution in [2.24, 2.45) is 0 Å². The van der Waals surface area contributed by atoms with Crippen molar-refractivity contribution in [1.82, 2.24) is 4.90 Å². The maximum absolute atomic E-state index is 11.3. The molecule has 0 spiro atoms. The molecule has 1 fully saturated rings. The molecule has 12 heavy (non-hydrogen) atoms. The van der Waals surface area contributed by atoms with Gasteiger partial charge in [0.05, 0.1) is 6.10 Å². The van der Waals surface area contributed by atoms with Gasteiger partial charge in [-0.3, -0.25) is 4.79 Å². The Balaban J connectivity index is 2.29. The Labute approximate surface area is 78.2 Å².